The summed E-state index contributed by atoms with van der Waals surface area (Å²) in [6, 6.07) is 0.852. The molecule has 0 rings (SSSR count). The van der Waals surface area contributed by atoms with Crippen molar-refractivity contribution >= 4 is 21.9 Å². The highest BCUT2D eigenvalue weighted by molar-refractivity contribution is 7.59. The second-order valence-corrected chi connectivity index (χ2v) is 19.1. The number of rotatable bonds is 3. The summed E-state index contributed by atoms with van der Waals surface area (Å²) in [6.07, 6.45) is 0. The van der Waals surface area contributed by atoms with E-state index >= 15 is 0 Å². The predicted octanol–water partition coefficient (Wildman–Crippen LogP) is 3.54. The Balaban J connectivity index is 5.16. The fraction of sp³-hybridized carbons (Fsp3) is 1.00. The van der Waals surface area contributed by atoms with Gasteiger partial charge in [0, 0.05) is 21.4 Å². The molecule has 0 heterocycles. The van der Waals surface area contributed by atoms with Crippen LogP contribution in [0.3, 0.4) is 0 Å². The van der Waals surface area contributed by atoms with Crippen LogP contribution < -0.4 is 0 Å². The quantitative estimate of drug-likeness (QED) is 0.685. The van der Waals surface area contributed by atoms with Crippen molar-refractivity contribution < 1.29 is 0 Å². The van der Waals surface area contributed by atoms with Gasteiger partial charge in [-0.1, -0.05) is 39.3 Å². The third-order valence-corrected chi connectivity index (χ3v) is 12.3. The molecule has 0 aromatic rings. The van der Waals surface area contributed by atoms with Crippen LogP contribution >= 0.6 is 0 Å². The fourth-order valence-corrected chi connectivity index (χ4v) is 16.3. The van der Waals surface area contributed by atoms with E-state index in [2.05, 4.69) is 71.9 Å². The minimum absolute atomic E-state index is 0.297. The smallest absolute Gasteiger partial charge is 0.203 e. The molecule has 1 nitrogen and oxygen atoms in total. The van der Waals surface area contributed by atoms with E-state index in [0.29, 0.717) is 5.54 Å². The van der Waals surface area contributed by atoms with Crippen molar-refractivity contribution in [2.45, 2.75) is 65.6 Å². The highest BCUT2D eigenvalue weighted by atomic mass is 28.4. The van der Waals surface area contributed by atoms with Crippen LogP contribution in [0, 0.1) is 0 Å². The molecule has 0 fully saturated rings. The first-order valence-corrected chi connectivity index (χ1v) is 13.2. The molecule has 90 valence electrons. The summed E-state index contributed by atoms with van der Waals surface area (Å²) >= 11 is 0. The fourth-order valence-electron chi connectivity index (χ4n) is 2.85. The molecular weight excluding hydrogens is 213 g/mol. The van der Waals surface area contributed by atoms with Crippen LogP contribution in [0.15, 0.2) is 0 Å². The first-order chi connectivity index (χ1) is 6.28. The molecule has 0 N–H and O–H groups in total. The molecule has 0 saturated heterocycles. The van der Waals surface area contributed by atoms with Gasteiger partial charge in [0.25, 0.3) is 0 Å². The predicted molar refractivity (Wildman–Crippen MR) is 80.0 cm³/mol. The molecule has 0 saturated carbocycles. The number of nitrogens with zero attached hydrogens (tertiary/aromatic N) is 1. The molecule has 0 radical (unpaired) electrons. The topological polar surface area (TPSA) is 3.24 Å². The van der Waals surface area contributed by atoms with Gasteiger partial charge in [-0.05, 0) is 27.8 Å². The van der Waals surface area contributed by atoms with E-state index in [-0.39, 0.29) is 0 Å². The van der Waals surface area contributed by atoms with E-state index in [1.54, 1.807) is 0 Å². The SMILES string of the molecule is CN(B([Si](C)(C)C)[Si](C)(C)C)C(C)(C)C. The molecule has 15 heavy (non-hydrogen) atoms. The molecular formula is C11H30BNSi2. The van der Waals surface area contributed by atoms with Gasteiger partial charge in [-0.15, -0.1) is 0 Å². The molecule has 0 aromatic heterocycles. The van der Waals surface area contributed by atoms with Crippen LogP contribution in [0.5, 0.6) is 0 Å². The van der Waals surface area contributed by atoms with Crippen LogP contribution in [0.2, 0.25) is 39.3 Å². The van der Waals surface area contributed by atoms with E-state index in [4.69, 9.17) is 0 Å². The summed E-state index contributed by atoms with van der Waals surface area (Å²) in [6.45, 7) is 22.1. The Labute approximate surface area is 99.6 Å². The number of hydrogen-bond acceptors (Lipinski definition) is 1. The molecule has 0 aliphatic carbocycles. The zero-order valence-corrected chi connectivity index (χ0v) is 14.5. The maximum Gasteiger partial charge on any atom is 0.203 e. The molecule has 0 spiro atoms. The Hall–Kier alpha value is 0.459. The Bertz CT molecular complexity index is 196. The molecule has 4 heteroatoms. The Morgan fingerprint density at radius 2 is 1.07 bits per heavy atom. The Kier molecular flexibility index (Phi) is 4.51. The first-order valence-electron chi connectivity index (χ1n) is 6.01. The van der Waals surface area contributed by atoms with E-state index in [9.17, 15) is 0 Å². The monoisotopic (exact) mass is 243 g/mol. The second kappa shape index (κ2) is 4.38. The van der Waals surface area contributed by atoms with E-state index in [1.165, 1.54) is 0 Å². The van der Waals surface area contributed by atoms with Crippen LogP contribution in [-0.2, 0) is 0 Å². The highest BCUT2D eigenvalue weighted by Crippen LogP contribution is 2.25. The zero-order valence-electron chi connectivity index (χ0n) is 12.5. The summed E-state index contributed by atoms with van der Waals surface area (Å²) in [5.74, 6) is 0. The summed E-state index contributed by atoms with van der Waals surface area (Å²) in [7, 11) is 0.106. The molecule has 0 aliphatic rings. The maximum atomic E-state index is 2.64. The van der Waals surface area contributed by atoms with Crippen molar-refractivity contribution in [3.8, 4) is 0 Å². The largest absolute Gasteiger partial charge is 0.345 e. The minimum Gasteiger partial charge on any atom is -0.345 e. The van der Waals surface area contributed by atoms with Gasteiger partial charge in [-0.3, -0.25) is 0 Å². The van der Waals surface area contributed by atoms with Crippen LogP contribution in [0.25, 0.3) is 0 Å². The van der Waals surface area contributed by atoms with Crippen LogP contribution in [0.4, 0.5) is 0 Å². The summed E-state index contributed by atoms with van der Waals surface area (Å²) in [5, 5.41) is 0. The van der Waals surface area contributed by atoms with Crippen molar-refractivity contribution in [3.63, 3.8) is 0 Å². The van der Waals surface area contributed by atoms with Gasteiger partial charge in [0.2, 0.25) is 6.03 Å². The summed E-state index contributed by atoms with van der Waals surface area (Å²) in [5.41, 5.74) is 0.297. The van der Waals surface area contributed by atoms with Crippen molar-refractivity contribution in [2.24, 2.45) is 0 Å². The van der Waals surface area contributed by atoms with Gasteiger partial charge in [-0.2, -0.15) is 0 Å². The Morgan fingerprint density at radius 1 is 0.800 bits per heavy atom. The van der Waals surface area contributed by atoms with E-state index < -0.39 is 15.9 Å². The number of hydrogen-bond donors (Lipinski definition) is 0. The van der Waals surface area contributed by atoms with E-state index in [0.717, 1.165) is 6.03 Å². The maximum absolute atomic E-state index is 2.64. The zero-order chi connectivity index (χ0) is 12.7. The lowest BCUT2D eigenvalue weighted by atomic mass is 10.0. The average molecular weight is 243 g/mol. The third kappa shape index (κ3) is 4.45. The summed E-state index contributed by atoms with van der Waals surface area (Å²) < 4.78 is 0. The van der Waals surface area contributed by atoms with Gasteiger partial charge < -0.3 is 4.81 Å². The van der Waals surface area contributed by atoms with E-state index in [1.807, 2.05) is 0 Å². The lowest BCUT2D eigenvalue weighted by Gasteiger charge is -2.47. The van der Waals surface area contributed by atoms with Crippen molar-refractivity contribution in [3.05, 3.63) is 0 Å². The molecule has 0 unspecified atom stereocenters. The lowest BCUT2D eigenvalue weighted by Crippen LogP contribution is -2.70. The minimum atomic E-state index is -1.11. The van der Waals surface area contributed by atoms with Gasteiger partial charge in [0.15, 0.2) is 0 Å². The van der Waals surface area contributed by atoms with Crippen molar-refractivity contribution in [1.82, 2.24) is 4.81 Å². The standard InChI is InChI=1S/C11H30BNSi2/c1-11(2,3)13(4)12(14(5,6)7)15(8,9)10/h1-10H3. The Morgan fingerprint density at radius 3 is 1.13 bits per heavy atom. The normalized spacial score (nSPS) is 14.6. The highest BCUT2D eigenvalue weighted by Gasteiger charge is 2.46. The first kappa shape index (κ1) is 15.5. The lowest BCUT2D eigenvalue weighted by molar-refractivity contribution is 0.299. The van der Waals surface area contributed by atoms with Gasteiger partial charge in [-0.25, -0.2) is 0 Å². The molecule has 0 aliphatic heterocycles. The molecule has 0 amide bonds. The average Bonchev–Trinajstić information content (AvgIpc) is 1.76. The molecule has 0 bridgehead atoms. The van der Waals surface area contributed by atoms with Gasteiger partial charge in [0.05, 0.1) is 0 Å². The van der Waals surface area contributed by atoms with Crippen LogP contribution in [0.1, 0.15) is 20.8 Å². The second-order valence-electron chi connectivity index (χ2n) is 7.92. The van der Waals surface area contributed by atoms with Crippen LogP contribution in [-0.4, -0.2) is 39.3 Å². The van der Waals surface area contributed by atoms with Gasteiger partial charge >= 0.3 is 0 Å². The van der Waals surface area contributed by atoms with Crippen molar-refractivity contribution in [1.29, 1.82) is 0 Å². The van der Waals surface area contributed by atoms with Crippen molar-refractivity contribution in [2.75, 3.05) is 7.05 Å². The third-order valence-electron chi connectivity index (χ3n) is 3.09. The van der Waals surface area contributed by atoms with Gasteiger partial charge in [0.1, 0.15) is 0 Å². The summed E-state index contributed by atoms with van der Waals surface area (Å²) in [4.78, 5) is 2.64. The molecule has 0 atom stereocenters. The molecule has 0 aromatic carbocycles.